The van der Waals surface area contributed by atoms with Crippen LogP contribution in [0.2, 0.25) is 0 Å². The summed E-state index contributed by atoms with van der Waals surface area (Å²) in [5, 5.41) is 53.0. The number of hydrogen-bond acceptors (Lipinski definition) is 15. The molecule has 0 saturated carbocycles. The van der Waals surface area contributed by atoms with Crippen LogP contribution in [0, 0.1) is 0 Å². The van der Waals surface area contributed by atoms with Gasteiger partial charge < -0.3 is 72.3 Å². The molecule has 3 aromatic carbocycles. The Kier molecular flexibility index (Phi) is 23.5. The number of H-pyrrole nitrogens is 1. The van der Waals surface area contributed by atoms with Crippen LogP contribution in [-0.4, -0.2) is 152 Å². The third-order valence-corrected chi connectivity index (χ3v) is 14.5. The molecule has 1 aliphatic rings. The Balaban J connectivity index is 1.56. The number of ether oxygens (including phenoxy) is 2. The molecule has 0 radical (unpaired) electrons. The number of carboxylic acid groups (broad SMARTS) is 1. The summed E-state index contributed by atoms with van der Waals surface area (Å²) in [5.41, 5.74) is 0.664. The zero-order chi connectivity index (χ0) is 58.7. The van der Waals surface area contributed by atoms with Crippen molar-refractivity contribution in [2.24, 2.45) is 0 Å². The molecule has 8 amide bonds. The fourth-order valence-electron chi connectivity index (χ4n) is 8.16. The largest absolute Gasteiger partial charge is 0.508 e. The smallest absolute Gasteiger partial charge is 0.408 e. The number of aromatic hydroxyl groups is 1. The first kappa shape index (κ1) is 63.3. The standard InChI is InChI=1S/C55H73N9O14S2/c1-31(65)44-50(72)62-43(51(73)74)30-80-79-29-42(61-47(69)40(25-32-15-9-8-10-16-32)63-53(76)78-55(5,6)7)49(71)59-39(26-33-20-22-35(66)23-21-33)46(68)60-41(27-34-28-57-37-18-12-11-17-36(34)37)48(70)58-38(45(67)64-44)19-13-14-24-56-52(75)77-54(2,3)4/h8-12,15-18,20-23,28,31,38-44,57,65-66H,13-14,19,24-27,29-30H2,1-7H3,(H,56,75)(H,58,70)(H,59,71)(H,60,68)(H,61,69)(H,62,72)(H,63,76)(H,64,67)(H,73,74)/t31-,38+,39+,40-,41-,42+,43+,44+/m1/s1. The Labute approximate surface area is 471 Å². The fourth-order valence-corrected chi connectivity index (χ4v) is 10.5. The number of carboxylic acids is 1. The van der Waals surface area contributed by atoms with Crippen molar-refractivity contribution >= 4 is 86.1 Å². The normalized spacial score (nSPS) is 21.0. The number of alkyl carbamates (subject to hydrolysis) is 2. The van der Waals surface area contributed by atoms with Crippen LogP contribution in [0.15, 0.2) is 85.1 Å². The number of carbonyl (C=O) groups excluding carboxylic acids is 8. The number of amides is 8. The number of aliphatic hydroxyl groups is 1. The van der Waals surface area contributed by atoms with E-state index in [-0.39, 0.29) is 62.3 Å². The molecule has 0 spiro atoms. The number of phenols is 1. The summed E-state index contributed by atoms with van der Waals surface area (Å²) >= 11 is 0. The number of aromatic nitrogens is 1. The second-order valence-corrected chi connectivity index (χ2v) is 23.7. The van der Waals surface area contributed by atoms with E-state index in [1.807, 2.05) is 6.07 Å². The first-order chi connectivity index (χ1) is 37.7. The van der Waals surface area contributed by atoms with Gasteiger partial charge in [0.25, 0.3) is 0 Å². The predicted molar refractivity (Wildman–Crippen MR) is 301 cm³/mol. The molecule has 0 unspecified atom stereocenters. The minimum absolute atomic E-state index is 0.0476. The molecule has 5 rings (SSSR count). The maximum atomic E-state index is 14.9. The monoisotopic (exact) mass is 1150 g/mol. The lowest BCUT2D eigenvalue weighted by molar-refractivity contribution is -0.142. The van der Waals surface area contributed by atoms with Gasteiger partial charge in [0.2, 0.25) is 35.4 Å². The first-order valence-corrected chi connectivity index (χ1v) is 28.5. The molecular weight excluding hydrogens is 1070 g/mol. The van der Waals surface area contributed by atoms with Gasteiger partial charge in [-0.05, 0) is 103 Å². The summed E-state index contributed by atoms with van der Waals surface area (Å²) in [6.07, 6.45) is -1.62. The zero-order valence-electron chi connectivity index (χ0n) is 45.7. The maximum absolute atomic E-state index is 14.9. The van der Waals surface area contributed by atoms with Gasteiger partial charge >= 0.3 is 18.2 Å². The highest BCUT2D eigenvalue weighted by Crippen LogP contribution is 2.25. The van der Waals surface area contributed by atoms with Crippen LogP contribution in [-0.2, 0) is 62.3 Å². The Morgan fingerprint density at radius 2 is 1.26 bits per heavy atom. The highest BCUT2D eigenvalue weighted by molar-refractivity contribution is 8.76. The van der Waals surface area contributed by atoms with Crippen molar-refractivity contribution in [3.05, 3.63) is 102 Å². The Morgan fingerprint density at radius 3 is 1.91 bits per heavy atom. The van der Waals surface area contributed by atoms with E-state index in [0.29, 0.717) is 27.6 Å². The molecule has 0 bridgehead atoms. The van der Waals surface area contributed by atoms with Gasteiger partial charge in [-0.3, -0.25) is 28.8 Å². The minimum Gasteiger partial charge on any atom is -0.508 e. The van der Waals surface area contributed by atoms with Gasteiger partial charge in [0.15, 0.2) is 0 Å². The second kappa shape index (κ2) is 29.6. The predicted octanol–water partition coefficient (Wildman–Crippen LogP) is 3.26. The van der Waals surface area contributed by atoms with E-state index >= 15 is 0 Å². The number of para-hydroxylation sites is 1. The van der Waals surface area contributed by atoms with Crippen molar-refractivity contribution in [2.45, 2.75) is 147 Å². The summed E-state index contributed by atoms with van der Waals surface area (Å²) in [6, 6.07) is 11.1. The molecule has 8 atom stereocenters. The molecule has 2 heterocycles. The molecule has 1 aromatic heterocycles. The zero-order valence-corrected chi connectivity index (χ0v) is 47.3. The van der Waals surface area contributed by atoms with Crippen molar-refractivity contribution in [1.82, 2.24) is 47.5 Å². The van der Waals surface area contributed by atoms with Gasteiger partial charge in [0, 0.05) is 54.4 Å². The number of carbonyl (C=O) groups is 9. The van der Waals surface area contributed by atoms with E-state index in [1.54, 1.807) is 96.3 Å². The van der Waals surface area contributed by atoms with Crippen molar-refractivity contribution < 1.29 is 67.9 Å². The molecule has 1 saturated heterocycles. The SMILES string of the molecule is C[C@@H](O)[C@@H]1NC(=O)[C@H](CCCCNC(=O)OC(C)(C)C)NC(=O)[C@@H](Cc2c[nH]c3ccccc23)NC(=O)[C@H](Cc2ccc(O)cc2)NC(=O)[C@@H](NC(=O)[C@@H](Cc2ccccc2)NC(=O)OC(C)(C)C)CSSC[C@@H](C(=O)O)NC1=O. The lowest BCUT2D eigenvalue weighted by atomic mass is 10.0. The second-order valence-electron chi connectivity index (χ2n) is 21.2. The average Bonchev–Trinajstić information content (AvgIpc) is 3.83. The van der Waals surface area contributed by atoms with Crippen molar-refractivity contribution in [1.29, 1.82) is 0 Å². The van der Waals surface area contributed by atoms with Gasteiger partial charge in [-0.25, -0.2) is 14.4 Å². The summed E-state index contributed by atoms with van der Waals surface area (Å²) < 4.78 is 10.8. The molecular formula is C55H73N9O14S2. The van der Waals surface area contributed by atoms with E-state index in [0.717, 1.165) is 21.6 Å². The number of aliphatic hydroxyl groups excluding tert-OH is 1. The molecule has 23 nitrogen and oxygen atoms in total. The summed E-state index contributed by atoms with van der Waals surface area (Å²) in [5.74, 6) is -7.72. The van der Waals surface area contributed by atoms with E-state index < -0.39 is 113 Å². The summed E-state index contributed by atoms with van der Waals surface area (Å²) in [4.78, 5) is 128. The number of hydrogen-bond donors (Lipinski definition) is 12. The molecule has 434 valence electrons. The van der Waals surface area contributed by atoms with Crippen LogP contribution in [0.25, 0.3) is 10.9 Å². The molecule has 80 heavy (non-hydrogen) atoms. The van der Waals surface area contributed by atoms with E-state index in [9.17, 15) is 58.5 Å². The van der Waals surface area contributed by atoms with Crippen LogP contribution in [0.3, 0.4) is 0 Å². The van der Waals surface area contributed by atoms with E-state index in [4.69, 9.17) is 9.47 Å². The number of nitrogens with one attached hydrogen (secondary N) is 9. The van der Waals surface area contributed by atoms with Gasteiger partial charge in [-0.1, -0.05) is 82.3 Å². The molecule has 12 N–H and O–H groups in total. The van der Waals surface area contributed by atoms with Gasteiger partial charge in [-0.15, -0.1) is 0 Å². The average molecular weight is 1150 g/mol. The summed E-state index contributed by atoms with van der Waals surface area (Å²) in [6.45, 7) is 11.3. The molecule has 1 aliphatic heterocycles. The quantitative estimate of drug-likeness (QED) is 0.0566. The van der Waals surface area contributed by atoms with Gasteiger partial charge in [0.05, 0.1) is 6.10 Å². The highest BCUT2D eigenvalue weighted by Gasteiger charge is 2.37. The highest BCUT2D eigenvalue weighted by atomic mass is 33.1. The minimum atomic E-state index is -1.75. The van der Waals surface area contributed by atoms with E-state index in [2.05, 4.69) is 47.5 Å². The van der Waals surface area contributed by atoms with Crippen LogP contribution in [0.4, 0.5) is 9.59 Å². The Morgan fingerprint density at radius 1 is 0.675 bits per heavy atom. The number of fused-ring (bicyclic) bond motifs is 1. The number of phenolic OH excluding ortho intramolecular Hbond substituents is 1. The number of aliphatic carboxylic acids is 1. The fraction of sp³-hybridized carbons (Fsp3) is 0.473. The van der Waals surface area contributed by atoms with Crippen LogP contribution in [0.5, 0.6) is 5.75 Å². The third kappa shape index (κ3) is 20.9. The van der Waals surface area contributed by atoms with Crippen LogP contribution in [0.1, 0.15) is 84.4 Å². The van der Waals surface area contributed by atoms with E-state index in [1.165, 1.54) is 31.2 Å². The third-order valence-electron chi connectivity index (χ3n) is 12.1. The number of unbranched alkanes of at least 4 members (excludes halogenated alkanes) is 1. The molecule has 1 fully saturated rings. The molecule has 4 aromatic rings. The van der Waals surface area contributed by atoms with Crippen LogP contribution >= 0.6 is 21.6 Å². The summed E-state index contributed by atoms with van der Waals surface area (Å²) in [7, 11) is 1.83. The van der Waals surface area contributed by atoms with Crippen molar-refractivity contribution in [3.8, 4) is 5.75 Å². The maximum Gasteiger partial charge on any atom is 0.408 e. The van der Waals surface area contributed by atoms with Crippen molar-refractivity contribution in [2.75, 3.05) is 18.1 Å². The molecule has 0 aliphatic carbocycles. The van der Waals surface area contributed by atoms with Gasteiger partial charge in [-0.2, -0.15) is 0 Å². The Hall–Kier alpha value is -7.51. The number of rotatable bonds is 16. The lowest BCUT2D eigenvalue weighted by Gasteiger charge is -2.29. The van der Waals surface area contributed by atoms with Gasteiger partial charge in [0.1, 0.15) is 59.2 Å². The molecule has 25 heteroatoms. The number of aromatic amines is 1. The van der Waals surface area contributed by atoms with Crippen LogP contribution < -0.4 is 42.5 Å². The Bertz CT molecular complexity index is 2790. The lowest BCUT2D eigenvalue weighted by Crippen LogP contribution is -2.62. The topological polar surface area (TPSA) is 345 Å². The van der Waals surface area contributed by atoms with Crippen molar-refractivity contribution in [3.63, 3.8) is 0 Å². The number of benzene rings is 3. The first-order valence-electron chi connectivity index (χ1n) is 26.1.